The molecule has 0 bridgehead atoms. The van der Waals surface area contributed by atoms with Crippen molar-refractivity contribution < 1.29 is 19.1 Å². The molecule has 25 heavy (non-hydrogen) atoms. The molecule has 0 spiro atoms. The van der Waals surface area contributed by atoms with Crippen molar-refractivity contribution in [1.29, 1.82) is 0 Å². The molecule has 0 fully saturated rings. The second-order valence-corrected chi connectivity index (χ2v) is 5.48. The van der Waals surface area contributed by atoms with Gasteiger partial charge in [0.25, 0.3) is 11.8 Å². The fraction of sp³-hybridized carbons (Fsp3) is 0.263. The number of hydrogen-bond acceptors (Lipinski definition) is 4. The highest BCUT2D eigenvalue weighted by molar-refractivity contribution is 5.79. The fourth-order valence-electron chi connectivity index (χ4n) is 2.02. The first kappa shape index (κ1) is 18.3. The molecule has 2 aromatic rings. The van der Waals surface area contributed by atoms with E-state index in [1.807, 2.05) is 36.4 Å². The molecule has 0 aliphatic rings. The molecule has 0 saturated heterocycles. The van der Waals surface area contributed by atoms with Gasteiger partial charge in [0.2, 0.25) is 0 Å². The van der Waals surface area contributed by atoms with E-state index in [1.165, 1.54) is 0 Å². The Morgan fingerprint density at radius 1 is 0.840 bits per heavy atom. The maximum absolute atomic E-state index is 11.8. The number of para-hydroxylation sites is 2. The van der Waals surface area contributed by atoms with Gasteiger partial charge in [-0.2, -0.15) is 0 Å². The Morgan fingerprint density at radius 2 is 1.32 bits per heavy atom. The summed E-state index contributed by atoms with van der Waals surface area (Å²) in [4.78, 5) is 23.6. The molecular formula is C19H22N2O4. The summed E-state index contributed by atoms with van der Waals surface area (Å²) in [5.74, 6) is 0.783. The number of amides is 2. The predicted molar refractivity (Wildman–Crippen MR) is 94.5 cm³/mol. The molecule has 0 aliphatic carbocycles. The van der Waals surface area contributed by atoms with Crippen LogP contribution in [0.1, 0.15) is 6.92 Å². The number of rotatable bonds is 9. The molecule has 2 aromatic carbocycles. The quantitative estimate of drug-likeness (QED) is 0.728. The minimum absolute atomic E-state index is 0.0677. The van der Waals surface area contributed by atoms with E-state index in [-0.39, 0.29) is 31.1 Å². The third kappa shape index (κ3) is 7.39. The zero-order valence-corrected chi connectivity index (χ0v) is 14.1. The molecule has 0 radical (unpaired) electrons. The van der Waals surface area contributed by atoms with Gasteiger partial charge in [0.1, 0.15) is 11.5 Å². The first-order valence-corrected chi connectivity index (χ1v) is 8.05. The van der Waals surface area contributed by atoms with Crippen LogP contribution in [0.4, 0.5) is 0 Å². The van der Waals surface area contributed by atoms with Crippen molar-refractivity contribution in [2.24, 2.45) is 0 Å². The number of benzene rings is 2. The van der Waals surface area contributed by atoms with Crippen molar-refractivity contribution in [2.75, 3.05) is 19.8 Å². The van der Waals surface area contributed by atoms with Gasteiger partial charge in [-0.25, -0.2) is 0 Å². The molecular weight excluding hydrogens is 320 g/mol. The maximum atomic E-state index is 11.8. The van der Waals surface area contributed by atoms with Crippen molar-refractivity contribution >= 4 is 11.8 Å². The zero-order chi connectivity index (χ0) is 17.9. The lowest BCUT2D eigenvalue weighted by atomic mass is 10.3. The molecule has 0 heterocycles. The summed E-state index contributed by atoms with van der Waals surface area (Å²) in [5, 5.41) is 5.47. The second-order valence-electron chi connectivity index (χ2n) is 5.48. The highest BCUT2D eigenvalue weighted by Gasteiger charge is 2.10. The van der Waals surface area contributed by atoms with Crippen molar-refractivity contribution in [3.05, 3.63) is 60.7 Å². The van der Waals surface area contributed by atoms with Gasteiger partial charge in [-0.05, 0) is 31.2 Å². The van der Waals surface area contributed by atoms with Crippen LogP contribution in [0.2, 0.25) is 0 Å². The average Bonchev–Trinajstić information content (AvgIpc) is 2.65. The number of ether oxygens (including phenoxy) is 2. The third-order valence-electron chi connectivity index (χ3n) is 3.24. The molecule has 0 saturated carbocycles. The highest BCUT2D eigenvalue weighted by Crippen LogP contribution is 2.08. The molecule has 2 amide bonds. The van der Waals surface area contributed by atoms with Crippen LogP contribution in [-0.2, 0) is 9.59 Å². The smallest absolute Gasteiger partial charge is 0.258 e. The van der Waals surface area contributed by atoms with E-state index in [9.17, 15) is 9.59 Å². The number of nitrogens with one attached hydrogen (secondary N) is 2. The molecule has 0 unspecified atom stereocenters. The second kappa shape index (κ2) is 9.97. The van der Waals surface area contributed by atoms with Crippen LogP contribution in [0.5, 0.6) is 11.5 Å². The summed E-state index contributed by atoms with van der Waals surface area (Å²) in [5.41, 5.74) is 0. The van der Waals surface area contributed by atoms with Gasteiger partial charge in [0.15, 0.2) is 13.2 Å². The maximum Gasteiger partial charge on any atom is 0.258 e. The minimum Gasteiger partial charge on any atom is -0.484 e. The summed E-state index contributed by atoms with van der Waals surface area (Å²) in [6.45, 7) is 1.98. The van der Waals surface area contributed by atoms with Crippen molar-refractivity contribution in [3.8, 4) is 11.5 Å². The predicted octanol–water partition coefficient (Wildman–Crippen LogP) is 1.77. The van der Waals surface area contributed by atoms with Gasteiger partial charge in [0.05, 0.1) is 0 Å². The summed E-state index contributed by atoms with van der Waals surface area (Å²) < 4.78 is 10.7. The number of carbonyl (C=O) groups is 2. The van der Waals surface area contributed by atoms with Crippen LogP contribution in [-0.4, -0.2) is 37.6 Å². The topological polar surface area (TPSA) is 76.7 Å². The van der Waals surface area contributed by atoms with Crippen LogP contribution in [0.25, 0.3) is 0 Å². The van der Waals surface area contributed by atoms with Crippen LogP contribution in [0, 0.1) is 0 Å². The van der Waals surface area contributed by atoms with Gasteiger partial charge in [-0.15, -0.1) is 0 Å². The van der Waals surface area contributed by atoms with Gasteiger partial charge >= 0.3 is 0 Å². The monoisotopic (exact) mass is 342 g/mol. The first-order valence-electron chi connectivity index (χ1n) is 8.05. The van der Waals surface area contributed by atoms with Gasteiger partial charge in [0, 0.05) is 12.6 Å². The van der Waals surface area contributed by atoms with Crippen molar-refractivity contribution in [3.63, 3.8) is 0 Å². The van der Waals surface area contributed by atoms with Crippen LogP contribution in [0.15, 0.2) is 60.7 Å². The summed E-state index contributed by atoms with van der Waals surface area (Å²) >= 11 is 0. The summed E-state index contributed by atoms with van der Waals surface area (Å²) in [6, 6.07) is 18.0. The number of carbonyl (C=O) groups excluding carboxylic acids is 2. The van der Waals surface area contributed by atoms with E-state index >= 15 is 0 Å². The van der Waals surface area contributed by atoms with Crippen molar-refractivity contribution in [1.82, 2.24) is 10.6 Å². The Bertz CT molecular complexity index is 662. The molecule has 0 aliphatic heterocycles. The number of hydrogen-bond donors (Lipinski definition) is 2. The van der Waals surface area contributed by atoms with Crippen molar-refractivity contribution in [2.45, 2.75) is 13.0 Å². The Balaban J connectivity index is 1.60. The minimum atomic E-state index is -0.245. The molecule has 132 valence electrons. The fourth-order valence-corrected chi connectivity index (χ4v) is 2.02. The van der Waals surface area contributed by atoms with Gasteiger partial charge in [-0.1, -0.05) is 36.4 Å². The molecule has 2 N–H and O–H groups in total. The first-order chi connectivity index (χ1) is 12.1. The average molecular weight is 342 g/mol. The third-order valence-corrected chi connectivity index (χ3v) is 3.24. The van der Waals surface area contributed by atoms with E-state index < -0.39 is 0 Å². The van der Waals surface area contributed by atoms with Gasteiger partial charge < -0.3 is 20.1 Å². The SMILES string of the molecule is C[C@H](CNC(=O)COc1ccccc1)NC(=O)COc1ccccc1. The summed E-state index contributed by atoms with van der Waals surface area (Å²) in [7, 11) is 0. The lowest BCUT2D eigenvalue weighted by Gasteiger charge is -2.15. The lowest BCUT2D eigenvalue weighted by Crippen LogP contribution is -2.44. The standard InChI is InChI=1S/C19H22N2O4/c1-15(21-19(23)14-25-17-10-6-3-7-11-17)12-20-18(22)13-24-16-8-4-2-5-9-16/h2-11,15H,12-14H2,1H3,(H,20,22)(H,21,23)/t15-/m1/s1. The highest BCUT2D eigenvalue weighted by atomic mass is 16.5. The van der Waals surface area contributed by atoms with Crippen LogP contribution in [0.3, 0.4) is 0 Å². The molecule has 0 aromatic heterocycles. The Morgan fingerprint density at radius 3 is 1.84 bits per heavy atom. The zero-order valence-electron chi connectivity index (χ0n) is 14.1. The molecule has 6 heteroatoms. The lowest BCUT2D eigenvalue weighted by molar-refractivity contribution is -0.125. The van der Waals surface area contributed by atoms with Crippen LogP contribution < -0.4 is 20.1 Å². The summed E-state index contributed by atoms with van der Waals surface area (Å²) in [6.07, 6.45) is 0. The van der Waals surface area contributed by atoms with E-state index in [0.717, 1.165) is 0 Å². The van der Waals surface area contributed by atoms with E-state index in [0.29, 0.717) is 18.0 Å². The van der Waals surface area contributed by atoms with Crippen LogP contribution >= 0.6 is 0 Å². The largest absolute Gasteiger partial charge is 0.484 e. The molecule has 1 atom stereocenters. The Kier molecular flexibility index (Phi) is 7.31. The van der Waals surface area contributed by atoms with E-state index in [2.05, 4.69) is 10.6 Å². The van der Waals surface area contributed by atoms with E-state index in [1.54, 1.807) is 31.2 Å². The Hall–Kier alpha value is -3.02. The van der Waals surface area contributed by atoms with Gasteiger partial charge in [-0.3, -0.25) is 9.59 Å². The Labute approximate surface area is 147 Å². The van der Waals surface area contributed by atoms with E-state index in [4.69, 9.17) is 9.47 Å². The molecule has 2 rings (SSSR count). The normalized spacial score (nSPS) is 11.2. The molecule has 6 nitrogen and oxygen atoms in total.